The third-order valence-corrected chi connectivity index (χ3v) is 3.78. The van der Waals surface area contributed by atoms with Gasteiger partial charge in [0.15, 0.2) is 11.5 Å². The van der Waals surface area contributed by atoms with Crippen molar-refractivity contribution in [1.29, 1.82) is 0 Å². The number of halogens is 1. The van der Waals surface area contributed by atoms with Gasteiger partial charge >= 0.3 is 0 Å². The second-order valence-corrected chi connectivity index (χ2v) is 5.63. The molecule has 1 unspecified atom stereocenters. The molecule has 2 aromatic carbocycles. The molecule has 0 aromatic heterocycles. The number of aliphatic hydroxyl groups is 1. The van der Waals surface area contributed by atoms with Gasteiger partial charge in [0.05, 0.1) is 6.61 Å². The molecule has 1 aliphatic heterocycles. The smallest absolute Gasteiger partial charge is 0.163 e. The molecule has 1 heterocycles. The summed E-state index contributed by atoms with van der Waals surface area (Å²) in [4.78, 5) is 0. The van der Waals surface area contributed by atoms with Crippen molar-refractivity contribution in [2.24, 2.45) is 0 Å². The molecule has 2 aromatic rings. The molecule has 0 amide bonds. The Bertz CT molecular complexity index is 617. The number of benzene rings is 2. The van der Waals surface area contributed by atoms with E-state index >= 15 is 0 Å². The molecular weight excluding hydrogens is 302 g/mol. The van der Waals surface area contributed by atoms with Crippen molar-refractivity contribution < 1.29 is 14.6 Å². The third-order valence-electron chi connectivity index (χ3n) is 3.55. The van der Waals surface area contributed by atoms with E-state index in [1.807, 2.05) is 30.3 Å². The predicted molar refractivity (Wildman–Crippen MR) is 85.6 cm³/mol. The van der Waals surface area contributed by atoms with Crippen LogP contribution in [0.1, 0.15) is 11.7 Å². The summed E-state index contributed by atoms with van der Waals surface area (Å²) >= 11 is 6.05. The number of hydrogen-bond donors (Lipinski definition) is 2. The summed E-state index contributed by atoms with van der Waals surface area (Å²) in [5.41, 5.74) is 0.913. The van der Waals surface area contributed by atoms with Gasteiger partial charge in [-0.2, -0.15) is 0 Å². The standard InChI is InChI=1S/C17H18ClNO3/c18-13-6-7-15(16(8-13)21-14-9-19-10-14)22-17(11-20)12-4-2-1-3-5-12/h1-8,14,17,19-20H,9-11H2. The molecule has 22 heavy (non-hydrogen) atoms. The van der Waals surface area contributed by atoms with Gasteiger partial charge in [0, 0.05) is 24.2 Å². The Morgan fingerprint density at radius 3 is 2.55 bits per heavy atom. The van der Waals surface area contributed by atoms with Crippen molar-refractivity contribution in [3.8, 4) is 11.5 Å². The minimum absolute atomic E-state index is 0.114. The Labute approximate surface area is 134 Å². The first kappa shape index (κ1) is 15.2. The van der Waals surface area contributed by atoms with E-state index in [0.29, 0.717) is 16.5 Å². The zero-order chi connectivity index (χ0) is 15.4. The van der Waals surface area contributed by atoms with E-state index in [4.69, 9.17) is 21.1 Å². The highest BCUT2D eigenvalue weighted by Gasteiger charge is 2.22. The molecule has 1 atom stereocenters. The van der Waals surface area contributed by atoms with Gasteiger partial charge in [-0.05, 0) is 17.7 Å². The summed E-state index contributed by atoms with van der Waals surface area (Å²) in [6.07, 6.45) is -0.311. The van der Waals surface area contributed by atoms with Crippen LogP contribution in [0.3, 0.4) is 0 Å². The van der Waals surface area contributed by atoms with Crippen LogP contribution in [-0.4, -0.2) is 30.9 Å². The zero-order valence-electron chi connectivity index (χ0n) is 12.0. The molecule has 0 bridgehead atoms. The topological polar surface area (TPSA) is 50.7 Å². The first-order valence-corrected chi connectivity index (χ1v) is 7.63. The average molecular weight is 320 g/mol. The van der Waals surface area contributed by atoms with Crippen molar-refractivity contribution in [3.63, 3.8) is 0 Å². The molecule has 5 heteroatoms. The van der Waals surface area contributed by atoms with Gasteiger partial charge in [-0.1, -0.05) is 41.9 Å². The largest absolute Gasteiger partial charge is 0.484 e. The lowest BCUT2D eigenvalue weighted by Gasteiger charge is -2.29. The summed E-state index contributed by atoms with van der Waals surface area (Å²) < 4.78 is 11.8. The van der Waals surface area contributed by atoms with E-state index < -0.39 is 6.10 Å². The maximum Gasteiger partial charge on any atom is 0.163 e. The van der Waals surface area contributed by atoms with Crippen molar-refractivity contribution in [1.82, 2.24) is 5.32 Å². The van der Waals surface area contributed by atoms with Crippen LogP contribution in [0.15, 0.2) is 48.5 Å². The van der Waals surface area contributed by atoms with E-state index in [9.17, 15) is 5.11 Å². The van der Waals surface area contributed by atoms with Crippen LogP contribution in [0, 0.1) is 0 Å². The summed E-state index contributed by atoms with van der Waals surface area (Å²) in [5, 5.41) is 13.4. The molecule has 0 radical (unpaired) electrons. The first-order valence-electron chi connectivity index (χ1n) is 7.25. The van der Waals surface area contributed by atoms with Crippen molar-refractivity contribution >= 4 is 11.6 Å². The molecule has 3 rings (SSSR count). The Morgan fingerprint density at radius 2 is 1.91 bits per heavy atom. The number of rotatable bonds is 6. The summed E-state index contributed by atoms with van der Waals surface area (Å²) in [7, 11) is 0. The van der Waals surface area contributed by atoms with Crippen LogP contribution >= 0.6 is 11.6 Å². The second-order valence-electron chi connectivity index (χ2n) is 5.19. The van der Waals surface area contributed by atoms with E-state index in [1.165, 1.54) is 0 Å². The first-order chi connectivity index (χ1) is 10.8. The average Bonchev–Trinajstić information content (AvgIpc) is 2.51. The van der Waals surface area contributed by atoms with E-state index in [0.717, 1.165) is 18.7 Å². The van der Waals surface area contributed by atoms with Crippen molar-refractivity contribution in [3.05, 3.63) is 59.1 Å². The lowest BCUT2D eigenvalue weighted by molar-refractivity contribution is 0.0992. The second kappa shape index (κ2) is 7.01. The highest BCUT2D eigenvalue weighted by Crippen LogP contribution is 2.34. The van der Waals surface area contributed by atoms with E-state index in [-0.39, 0.29) is 12.7 Å². The van der Waals surface area contributed by atoms with Crippen LogP contribution in [-0.2, 0) is 0 Å². The van der Waals surface area contributed by atoms with Gasteiger partial charge in [-0.15, -0.1) is 0 Å². The summed E-state index contributed by atoms with van der Waals surface area (Å²) in [6, 6.07) is 14.9. The summed E-state index contributed by atoms with van der Waals surface area (Å²) in [5.74, 6) is 1.19. The van der Waals surface area contributed by atoms with Gasteiger partial charge in [-0.25, -0.2) is 0 Å². The number of hydrogen-bond acceptors (Lipinski definition) is 4. The Hall–Kier alpha value is -1.75. The summed E-state index contributed by atoms with van der Waals surface area (Å²) in [6.45, 7) is 1.51. The molecule has 1 saturated heterocycles. The van der Waals surface area contributed by atoms with E-state index in [1.54, 1.807) is 18.2 Å². The van der Waals surface area contributed by atoms with Crippen LogP contribution in [0.4, 0.5) is 0 Å². The van der Waals surface area contributed by atoms with Gasteiger partial charge in [0.25, 0.3) is 0 Å². The zero-order valence-corrected chi connectivity index (χ0v) is 12.8. The third kappa shape index (κ3) is 3.53. The Morgan fingerprint density at radius 1 is 1.14 bits per heavy atom. The molecule has 1 aliphatic rings. The van der Waals surface area contributed by atoms with Crippen molar-refractivity contribution in [2.45, 2.75) is 12.2 Å². The highest BCUT2D eigenvalue weighted by molar-refractivity contribution is 6.30. The molecule has 0 aliphatic carbocycles. The fraction of sp³-hybridized carbons (Fsp3) is 0.294. The number of aliphatic hydroxyl groups excluding tert-OH is 1. The van der Waals surface area contributed by atoms with Crippen LogP contribution in [0.5, 0.6) is 11.5 Å². The van der Waals surface area contributed by atoms with Crippen LogP contribution < -0.4 is 14.8 Å². The minimum Gasteiger partial charge on any atom is -0.484 e. The van der Waals surface area contributed by atoms with Crippen molar-refractivity contribution in [2.75, 3.05) is 19.7 Å². The molecule has 4 nitrogen and oxygen atoms in total. The quantitative estimate of drug-likeness (QED) is 0.859. The minimum atomic E-state index is -0.441. The van der Waals surface area contributed by atoms with Gasteiger partial charge in [-0.3, -0.25) is 0 Å². The van der Waals surface area contributed by atoms with Crippen LogP contribution in [0.25, 0.3) is 0 Å². The highest BCUT2D eigenvalue weighted by atomic mass is 35.5. The monoisotopic (exact) mass is 319 g/mol. The fourth-order valence-electron chi connectivity index (χ4n) is 2.23. The van der Waals surface area contributed by atoms with E-state index in [2.05, 4.69) is 5.32 Å². The molecule has 1 fully saturated rings. The fourth-order valence-corrected chi connectivity index (χ4v) is 2.39. The number of ether oxygens (including phenoxy) is 2. The van der Waals surface area contributed by atoms with Gasteiger partial charge < -0.3 is 19.9 Å². The molecule has 0 saturated carbocycles. The Kier molecular flexibility index (Phi) is 4.83. The maximum atomic E-state index is 9.62. The Balaban J connectivity index is 1.80. The maximum absolute atomic E-state index is 9.62. The number of nitrogens with one attached hydrogen (secondary N) is 1. The molecule has 116 valence electrons. The molecular formula is C17H18ClNO3. The SMILES string of the molecule is OCC(Oc1ccc(Cl)cc1OC1CNC1)c1ccccc1. The normalized spacial score (nSPS) is 15.9. The van der Waals surface area contributed by atoms with Gasteiger partial charge in [0.2, 0.25) is 0 Å². The lowest BCUT2D eigenvalue weighted by Crippen LogP contribution is -2.50. The lowest BCUT2D eigenvalue weighted by atomic mass is 10.1. The van der Waals surface area contributed by atoms with Gasteiger partial charge in [0.1, 0.15) is 12.2 Å². The predicted octanol–water partition coefficient (Wildman–Crippen LogP) is 2.80. The molecule has 2 N–H and O–H groups in total. The molecule has 0 spiro atoms. The van der Waals surface area contributed by atoms with Crippen LogP contribution in [0.2, 0.25) is 5.02 Å².